The minimum Gasteiger partial charge on any atom is -0.491 e. The fraction of sp³-hybridized carbons (Fsp3) is 0.188. The van der Waals surface area contributed by atoms with Crippen LogP contribution in [-0.2, 0) is 0 Å². The summed E-state index contributed by atoms with van der Waals surface area (Å²) in [5.41, 5.74) is 1.28. The molecule has 0 aromatic heterocycles. The average molecular weight is 268 g/mol. The summed E-state index contributed by atoms with van der Waals surface area (Å²) < 4.78 is 5.46. The lowest BCUT2D eigenvalue weighted by molar-refractivity contribution is 0.117. The van der Waals surface area contributed by atoms with Crippen molar-refractivity contribution in [3.05, 3.63) is 60.2 Å². The van der Waals surface area contributed by atoms with Crippen LogP contribution in [0, 0.1) is 11.3 Å². The number of aliphatic hydroxyl groups excluding tert-OH is 1. The Morgan fingerprint density at radius 3 is 2.55 bits per heavy atom. The molecule has 1 unspecified atom stereocenters. The fourth-order valence-corrected chi connectivity index (χ4v) is 1.73. The molecule has 0 saturated heterocycles. The minimum absolute atomic E-state index is 0.200. The third-order valence-corrected chi connectivity index (χ3v) is 2.76. The Morgan fingerprint density at radius 2 is 1.80 bits per heavy atom. The zero-order chi connectivity index (χ0) is 14.2. The van der Waals surface area contributed by atoms with Gasteiger partial charge in [-0.1, -0.05) is 30.3 Å². The van der Waals surface area contributed by atoms with Gasteiger partial charge in [-0.25, -0.2) is 0 Å². The van der Waals surface area contributed by atoms with E-state index in [1.54, 1.807) is 12.1 Å². The fourth-order valence-electron chi connectivity index (χ4n) is 1.73. The minimum atomic E-state index is -0.651. The maximum Gasteiger partial charge on any atom is 0.119 e. The van der Waals surface area contributed by atoms with Gasteiger partial charge in [-0.3, -0.25) is 0 Å². The smallest absolute Gasteiger partial charge is 0.119 e. The van der Waals surface area contributed by atoms with Gasteiger partial charge in [0.25, 0.3) is 0 Å². The van der Waals surface area contributed by atoms with Crippen LogP contribution in [0.1, 0.15) is 5.56 Å². The molecule has 2 N–H and O–H groups in total. The zero-order valence-electron chi connectivity index (χ0n) is 11.0. The summed E-state index contributed by atoms with van der Waals surface area (Å²) in [5, 5.41) is 21.9. The normalized spacial score (nSPS) is 11.4. The number of para-hydroxylation sites is 2. The highest BCUT2D eigenvalue weighted by molar-refractivity contribution is 5.57. The number of nitrogens with one attached hydrogen (secondary N) is 1. The Morgan fingerprint density at radius 1 is 1.10 bits per heavy atom. The maximum absolute atomic E-state index is 9.86. The second kappa shape index (κ2) is 7.17. The van der Waals surface area contributed by atoms with Crippen molar-refractivity contribution in [2.24, 2.45) is 0 Å². The molecule has 0 heterocycles. The third-order valence-electron chi connectivity index (χ3n) is 2.76. The van der Waals surface area contributed by atoms with E-state index in [4.69, 9.17) is 10.00 Å². The van der Waals surface area contributed by atoms with Crippen LogP contribution in [0.2, 0.25) is 0 Å². The van der Waals surface area contributed by atoms with Crippen molar-refractivity contribution in [2.45, 2.75) is 6.10 Å². The first-order chi connectivity index (χ1) is 9.79. The van der Waals surface area contributed by atoms with Gasteiger partial charge in [-0.15, -0.1) is 0 Å². The van der Waals surface area contributed by atoms with Gasteiger partial charge in [-0.2, -0.15) is 5.26 Å². The molecular weight excluding hydrogens is 252 g/mol. The van der Waals surface area contributed by atoms with Crippen molar-refractivity contribution in [2.75, 3.05) is 18.5 Å². The van der Waals surface area contributed by atoms with Crippen LogP contribution in [0.25, 0.3) is 0 Å². The molecule has 102 valence electrons. The van der Waals surface area contributed by atoms with Crippen molar-refractivity contribution < 1.29 is 9.84 Å². The van der Waals surface area contributed by atoms with E-state index in [9.17, 15) is 5.11 Å². The summed E-state index contributed by atoms with van der Waals surface area (Å²) in [4.78, 5) is 0. The number of nitrogens with zero attached hydrogens (tertiary/aromatic N) is 1. The molecule has 0 aliphatic rings. The lowest BCUT2D eigenvalue weighted by Crippen LogP contribution is -2.26. The van der Waals surface area contributed by atoms with Gasteiger partial charge in [0.05, 0.1) is 11.3 Å². The van der Waals surface area contributed by atoms with Crippen LogP contribution in [0.15, 0.2) is 54.6 Å². The molecule has 0 spiro atoms. The molecule has 4 heteroatoms. The number of anilines is 1. The lowest BCUT2D eigenvalue weighted by atomic mass is 10.2. The van der Waals surface area contributed by atoms with Crippen LogP contribution >= 0.6 is 0 Å². The highest BCUT2D eigenvalue weighted by atomic mass is 16.5. The largest absolute Gasteiger partial charge is 0.491 e. The zero-order valence-corrected chi connectivity index (χ0v) is 11.0. The number of nitriles is 1. The summed E-state index contributed by atoms with van der Waals surface area (Å²) in [5.74, 6) is 0.726. The van der Waals surface area contributed by atoms with Gasteiger partial charge in [0.2, 0.25) is 0 Å². The maximum atomic E-state index is 9.86. The summed E-state index contributed by atoms with van der Waals surface area (Å²) in [6, 6.07) is 18.6. The molecule has 2 aromatic rings. The molecule has 2 rings (SSSR count). The molecule has 0 aliphatic heterocycles. The molecule has 0 bridgehead atoms. The van der Waals surface area contributed by atoms with Crippen molar-refractivity contribution >= 4 is 5.69 Å². The predicted octanol–water partition coefficient (Wildman–Crippen LogP) is 2.41. The van der Waals surface area contributed by atoms with Crippen LogP contribution in [-0.4, -0.2) is 24.4 Å². The van der Waals surface area contributed by atoms with Gasteiger partial charge in [-0.05, 0) is 24.3 Å². The van der Waals surface area contributed by atoms with Crippen LogP contribution in [0.5, 0.6) is 5.75 Å². The number of rotatable bonds is 6. The number of aliphatic hydroxyl groups is 1. The van der Waals surface area contributed by atoms with Gasteiger partial charge in [0, 0.05) is 6.54 Å². The molecule has 0 fully saturated rings. The van der Waals surface area contributed by atoms with Gasteiger partial charge < -0.3 is 15.2 Å². The lowest BCUT2D eigenvalue weighted by Gasteiger charge is -2.14. The summed E-state index contributed by atoms with van der Waals surface area (Å²) in [6.07, 6.45) is -0.651. The van der Waals surface area contributed by atoms with Crippen LogP contribution in [0.3, 0.4) is 0 Å². The first kappa shape index (κ1) is 13.9. The Bertz CT molecular complexity index is 579. The molecule has 0 saturated carbocycles. The SMILES string of the molecule is N#Cc1ccccc1NCC(O)COc1ccccc1. The first-order valence-corrected chi connectivity index (χ1v) is 6.38. The van der Waals surface area contributed by atoms with Gasteiger partial charge in [0.15, 0.2) is 0 Å². The molecular formula is C16H16N2O2. The Labute approximate surface area is 118 Å². The number of hydrogen-bond acceptors (Lipinski definition) is 4. The van der Waals surface area contributed by atoms with E-state index in [1.807, 2.05) is 42.5 Å². The molecule has 0 aliphatic carbocycles. The van der Waals surface area contributed by atoms with Crippen LogP contribution in [0.4, 0.5) is 5.69 Å². The van der Waals surface area contributed by atoms with Gasteiger partial charge in [0.1, 0.15) is 24.5 Å². The van der Waals surface area contributed by atoms with E-state index in [2.05, 4.69) is 11.4 Å². The van der Waals surface area contributed by atoms with Crippen molar-refractivity contribution in [1.29, 1.82) is 5.26 Å². The summed E-state index contributed by atoms with van der Waals surface area (Å²) >= 11 is 0. The number of benzene rings is 2. The van der Waals surface area contributed by atoms with E-state index in [-0.39, 0.29) is 6.61 Å². The standard InChI is InChI=1S/C16H16N2O2/c17-10-13-6-4-5-9-16(13)18-11-14(19)12-20-15-7-2-1-3-8-15/h1-9,14,18-19H,11-12H2. The van der Waals surface area contributed by atoms with E-state index in [1.165, 1.54) is 0 Å². The van der Waals surface area contributed by atoms with Crippen LogP contribution < -0.4 is 10.1 Å². The molecule has 4 nitrogen and oxygen atoms in total. The highest BCUT2D eigenvalue weighted by Gasteiger charge is 2.07. The van der Waals surface area contributed by atoms with Crippen molar-refractivity contribution in [1.82, 2.24) is 0 Å². The van der Waals surface area contributed by atoms with Crippen molar-refractivity contribution in [3.8, 4) is 11.8 Å². The van der Waals surface area contributed by atoms with Crippen molar-refractivity contribution in [3.63, 3.8) is 0 Å². The number of ether oxygens (including phenoxy) is 1. The second-order valence-corrected chi connectivity index (χ2v) is 4.32. The Hall–Kier alpha value is -2.51. The quantitative estimate of drug-likeness (QED) is 0.844. The number of hydrogen-bond donors (Lipinski definition) is 2. The summed E-state index contributed by atoms with van der Waals surface area (Å²) in [7, 11) is 0. The average Bonchev–Trinajstić information content (AvgIpc) is 2.52. The van der Waals surface area contributed by atoms with Gasteiger partial charge >= 0.3 is 0 Å². The monoisotopic (exact) mass is 268 g/mol. The summed E-state index contributed by atoms with van der Waals surface area (Å²) in [6.45, 7) is 0.525. The third kappa shape index (κ3) is 4.01. The molecule has 1 atom stereocenters. The van der Waals surface area contributed by atoms with E-state index in [0.29, 0.717) is 17.8 Å². The van der Waals surface area contributed by atoms with E-state index < -0.39 is 6.10 Å². The first-order valence-electron chi connectivity index (χ1n) is 6.38. The second-order valence-electron chi connectivity index (χ2n) is 4.32. The topological polar surface area (TPSA) is 65.3 Å². The van der Waals surface area contributed by atoms with E-state index >= 15 is 0 Å². The molecule has 0 radical (unpaired) electrons. The predicted molar refractivity (Wildman–Crippen MR) is 77.6 cm³/mol. The Balaban J connectivity index is 1.81. The van der Waals surface area contributed by atoms with E-state index in [0.717, 1.165) is 5.75 Å². The molecule has 20 heavy (non-hydrogen) atoms. The molecule has 2 aromatic carbocycles. The molecule has 0 amide bonds. The highest BCUT2D eigenvalue weighted by Crippen LogP contribution is 2.13. The Kier molecular flexibility index (Phi) is 4.99.